The summed E-state index contributed by atoms with van der Waals surface area (Å²) in [5.74, 6) is -0.521. The number of hydrogen-bond donors (Lipinski definition) is 1. The van der Waals surface area contributed by atoms with E-state index < -0.39 is 20.0 Å². The molecule has 0 saturated heterocycles. The van der Waals surface area contributed by atoms with Gasteiger partial charge in [-0.15, -0.1) is 0 Å². The maximum Gasteiger partial charge on any atom is 0.306 e. The van der Waals surface area contributed by atoms with Crippen molar-refractivity contribution in [2.75, 3.05) is 40.9 Å². The summed E-state index contributed by atoms with van der Waals surface area (Å²) in [6, 6.07) is -0.886. The smallest absolute Gasteiger partial charge is 0.306 e. The first-order valence-electron chi connectivity index (χ1n) is 37.4. The Balaban J connectivity index is 4.97. The molecule has 0 aromatic heterocycles. The normalized spacial score (nSPS) is 13.7. The minimum absolute atomic E-state index is 0.0198. The summed E-state index contributed by atoms with van der Waals surface area (Å²) < 4.78 is 30.5. The summed E-state index contributed by atoms with van der Waals surface area (Å²) in [5.41, 5.74) is 0. The van der Waals surface area contributed by atoms with Crippen molar-refractivity contribution in [3.8, 4) is 0 Å². The lowest BCUT2D eigenvalue weighted by Crippen LogP contribution is -2.47. The van der Waals surface area contributed by atoms with Gasteiger partial charge in [-0.05, 0) is 70.3 Å². The van der Waals surface area contributed by atoms with Crippen LogP contribution in [0.5, 0.6) is 0 Å². The molecule has 0 radical (unpaired) electrons. The zero-order valence-electron chi connectivity index (χ0n) is 58.0. The molecule has 0 saturated carbocycles. The van der Waals surface area contributed by atoms with E-state index in [1.54, 1.807) is 0 Å². The van der Waals surface area contributed by atoms with Crippen molar-refractivity contribution < 1.29 is 37.3 Å². The molecule has 0 heterocycles. The van der Waals surface area contributed by atoms with Crippen LogP contribution >= 0.6 is 7.82 Å². The third-order valence-electron chi connectivity index (χ3n) is 17.0. The highest BCUT2D eigenvalue weighted by Gasteiger charge is 2.27. The second-order valence-corrected chi connectivity index (χ2v) is 28.2. The number of unbranched alkanes of at least 4 members (excludes halogenated alkanes) is 47. The van der Waals surface area contributed by atoms with Crippen LogP contribution in [0.2, 0.25) is 0 Å². The number of phosphoric acid groups is 1. The molecule has 1 N–H and O–H groups in total. The summed E-state index contributed by atoms with van der Waals surface area (Å²) in [4.78, 5) is 40.2. The van der Waals surface area contributed by atoms with Gasteiger partial charge in [-0.25, -0.2) is 0 Å². The van der Waals surface area contributed by atoms with Gasteiger partial charge in [-0.3, -0.25) is 14.2 Å². The zero-order chi connectivity index (χ0) is 62.8. The number of ether oxygens (including phenoxy) is 1. The van der Waals surface area contributed by atoms with Crippen LogP contribution in [0, 0.1) is 0 Å². The molecule has 0 aliphatic carbocycles. The molecule has 9 nitrogen and oxygen atoms in total. The molecule has 1 amide bonds. The fraction of sp³-hybridized carbons (Fsp3) is 0.868. The molecular formula is C76H145N2O7P. The van der Waals surface area contributed by atoms with E-state index in [0.29, 0.717) is 17.4 Å². The van der Waals surface area contributed by atoms with Gasteiger partial charge in [0.25, 0.3) is 7.82 Å². The molecule has 10 heteroatoms. The molecule has 0 aliphatic rings. The van der Waals surface area contributed by atoms with Crippen molar-refractivity contribution in [2.24, 2.45) is 0 Å². The molecule has 0 bridgehead atoms. The van der Waals surface area contributed by atoms with E-state index in [9.17, 15) is 19.0 Å². The van der Waals surface area contributed by atoms with Crippen LogP contribution < -0.4 is 10.2 Å². The van der Waals surface area contributed by atoms with Gasteiger partial charge in [0.15, 0.2) is 0 Å². The first-order chi connectivity index (χ1) is 41.9. The molecule has 0 fully saturated rings. The van der Waals surface area contributed by atoms with Gasteiger partial charge in [0.05, 0.1) is 33.8 Å². The third-order valence-corrected chi connectivity index (χ3v) is 18.0. The monoisotopic (exact) mass is 1230 g/mol. The van der Waals surface area contributed by atoms with Crippen molar-refractivity contribution in [1.82, 2.24) is 5.32 Å². The Morgan fingerprint density at radius 3 is 1.08 bits per heavy atom. The number of amides is 1. The number of nitrogens with one attached hydrogen (secondary N) is 1. The van der Waals surface area contributed by atoms with Crippen LogP contribution in [-0.2, 0) is 27.9 Å². The average molecular weight is 1230 g/mol. The maximum atomic E-state index is 13.6. The quantitative estimate of drug-likeness (QED) is 0.0212. The minimum Gasteiger partial charge on any atom is -0.756 e. The number of likely N-dealkylation sites (N-methyl/N-ethyl adjacent to an activating group) is 1. The summed E-state index contributed by atoms with van der Waals surface area (Å²) in [5, 5.41) is 3.05. The standard InChI is InChI=1S/C76H145N2O7P/c1-7-10-13-16-19-22-25-28-30-32-34-36-37-38-39-40-41-43-45-47-49-51-54-57-60-63-66-69-76(80)85-74(67-64-61-58-55-52-27-24-21-18-15-12-9-3)73(72-84-86(81,82)83-71-70-78(4,5)6)77-75(79)68-65-62-59-56-53-50-48-46-44-42-35-33-31-29-26-23-20-17-14-11-8-2/h19,22,28,30,34,36,64,67,73-74H,7-18,20-21,23-27,29,31-33,35,37-63,65-66,68-72H2,1-6H3,(H-,77,79,81,82)/b22-19-,30-28-,36-34-,67-64+. The van der Waals surface area contributed by atoms with E-state index in [4.69, 9.17) is 13.8 Å². The molecular weight excluding hydrogens is 1080 g/mol. The lowest BCUT2D eigenvalue weighted by atomic mass is 10.0. The molecule has 86 heavy (non-hydrogen) atoms. The number of carbonyl (C=O) groups is 2. The number of rotatable bonds is 69. The largest absolute Gasteiger partial charge is 0.756 e. The van der Waals surface area contributed by atoms with E-state index in [-0.39, 0.29) is 31.5 Å². The highest BCUT2D eigenvalue weighted by molar-refractivity contribution is 7.45. The van der Waals surface area contributed by atoms with E-state index in [2.05, 4.69) is 62.5 Å². The van der Waals surface area contributed by atoms with Crippen molar-refractivity contribution in [3.63, 3.8) is 0 Å². The Morgan fingerprint density at radius 2 is 0.709 bits per heavy atom. The van der Waals surface area contributed by atoms with Gasteiger partial charge in [0.2, 0.25) is 5.91 Å². The SMILES string of the molecule is CCCCC/C=C\C/C=C\C/C=C\CCCCCCCCCCCCCCCCC(=O)OC(/C=C/CCCCCCCCCCCC)C(COP(=O)([O-])OCC[N+](C)(C)C)NC(=O)CCCCCCCCCCCCCCCCCCCCCCC. The molecule has 0 aromatic carbocycles. The van der Waals surface area contributed by atoms with Crippen molar-refractivity contribution in [3.05, 3.63) is 48.6 Å². The Labute approximate surface area is 535 Å². The Hall–Kier alpha value is -2.03. The second-order valence-electron chi connectivity index (χ2n) is 26.8. The summed E-state index contributed by atoms with van der Waals surface area (Å²) in [6.07, 6.45) is 83.8. The van der Waals surface area contributed by atoms with Crippen molar-refractivity contribution in [2.45, 2.75) is 386 Å². The number of hydrogen-bond acceptors (Lipinski definition) is 7. The van der Waals surface area contributed by atoms with E-state index in [1.165, 1.54) is 270 Å². The van der Waals surface area contributed by atoms with Gasteiger partial charge in [-0.2, -0.15) is 0 Å². The zero-order valence-corrected chi connectivity index (χ0v) is 58.9. The van der Waals surface area contributed by atoms with Crippen LogP contribution in [0.1, 0.15) is 374 Å². The van der Waals surface area contributed by atoms with Crippen LogP contribution in [0.25, 0.3) is 0 Å². The molecule has 0 aliphatic heterocycles. The molecule has 506 valence electrons. The average Bonchev–Trinajstić information content (AvgIpc) is 3.65. The Kier molecular flexibility index (Phi) is 64.4. The van der Waals surface area contributed by atoms with E-state index in [0.717, 1.165) is 70.6 Å². The van der Waals surface area contributed by atoms with Gasteiger partial charge < -0.3 is 28.5 Å². The third kappa shape index (κ3) is 66.4. The predicted molar refractivity (Wildman–Crippen MR) is 372 cm³/mol. The van der Waals surface area contributed by atoms with E-state index >= 15 is 0 Å². The highest BCUT2D eigenvalue weighted by Crippen LogP contribution is 2.38. The Morgan fingerprint density at radius 1 is 0.407 bits per heavy atom. The van der Waals surface area contributed by atoms with Gasteiger partial charge in [-0.1, -0.05) is 339 Å². The van der Waals surface area contributed by atoms with E-state index in [1.807, 2.05) is 33.3 Å². The van der Waals surface area contributed by atoms with Gasteiger partial charge in [0, 0.05) is 12.8 Å². The molecule has 3 atom stereocenters. The molecule has 0 spiro atoms. The molecule has 0 rings (SSSR count). The minimum atomic E-state index is -4.70. The fourth-order valence-electron chi connectivity index (χ4n) is 11.2. The van der Waals surface area contributed by atoms with Crippen LogP contribution in [0.3, 0.4) is 0 Å². The maximum absolute atomic E-state index is 13.6. The molecule has 0 aromatic rings. The fourth-order valence-corrected chi connectivity index (χ4v) is 12.0. The molecule has 3 unspecified atom stereocenters. The summed E-state index contributed by atoms with van der Waals surface area (Å²) in [7, 11) is 1.20. The van der Waals surface area contributed by atoms with Gasteiger partial charge >= 0.3 is 5.97 Å². The Bertz CT molecular complexity index is 1610. The first-order valence-corrected chi connectivity index (χ1v) is 38.9. The van der Waals surface area contributed by atoms with Crippen molar-refractivity contribution in [1.29, 1.82) is 0 Å². The predicted octanol–water partition coefficient (Wildman–Crippen LogP) is 23.3. The summed E-state index contributed by atoms with van der Waals surface area (Å²) >= 11 is 0. The van der Waals surface area contributed by atoms with Crippen LogP contribution in [0.15, 0.2) is 48.6 Å². The van der Waals surface area contributed by atoms with Gasteiger partial charge in [0.1, 0.15) is 19.3 Å². The number of quaternary nitrogens is 1. The lowest BCUT2D eigenvalue weighted by molar-refractivity contribution is -0.870. The number of allylic oxidation sites excluding steroid dienone is 7. The number of carbonyl (C=O) groups excluding carboxylic acids is 2. The first kappa shape index (κ1) is 84.0. The van der Waals surface area contributed by atoms with Crippen molar-refractivity contribution >= 4 is 19.7 Å². The lowest BCUT2D eigenvalue weighted by Gasteiger charge is -2.30. The topological polar surface area (TPSA) is 114 Å². The highest BCUT2D eigenvalue weighted by atomic mass is 31.2. The van der Waals surface area contributed by atoms with Crippen LogP contribution in [-0.4, -0.2) is 69.4 Å². The number of phosphoric ester groups is 1. The number of esters is 1. The second kappa shape index (κ2) is 65.9. The van der Waals surface area contributed by atoms with Crippen LogP contribution in [0.4, 0.5) is 0 Å². The summed E-state index contributed by atoms with van der Waals surface area (Å²) in [6.45, 7) is 6.88. The number of nitrogens with zero attached hydrogens (tertiary/aromatic N) is 1.